The van der Waals surface area contributed by atoms with Crippen molar-refractivity contribution in [1.29, 1.82) is 0 Å². The highest BCUT2D eigenvalue weighted by Gasteiger charge is 2.28. The lowest BCUT2D eigenvalue weighted by Crippen LogP contribution is -2.33. The summed E-state index contributed by atoms with van der Waals surface area (Å²) in [5, 5.41) is 2.44. The number of fused-ring (bicyclic) bond motifs is 6. The average molecular weight is 476 g/mol. The van der Waals surface area contributed by atoms with E-state index in [9.17, 15) is 0 Å². The van der Waals surface area contributed by atoms with Gasteiger partial charge in [0.2, 0.25) is 5.52 Å². The summed E-state index contributed by atoms with van der Waals surface area (Å²) in [6.07, 6.45) is 8.62. The number of hydrogen-bond acceptors (Lipinski definition) is 7. The Kier molecular flexibility index (Phi) is 4.99. The van der Waals surface area contributed by atoms with E-state index >= 15 is 0 Å². The summed E-state index contributed by atoms with van der Waals surface area (Å²) in [7, 11) is 0. The van der Waals surface area contributed by atoms with E-state index in [1.54, 1.807) is 23.1 Å². The molecule has 0 saturated heterocycles. The fourth-order valence-electron chi connectivity index (χ4n) is 4.40. The number of hydrogen-bond donors (Lipinski definition) is 0. The lowest BCUT2D eigenvalue weighted by atomic mass is 10.2. The summed E-state index contributed by atoms with van der Waals surface area (Å²) in [5.74, 6) is 0. The van der Waals surface area contributed by atoms with Gasteiger partial charge in [0.25, 0.3) is 5.01 Å². The number of aryl methyl sites for hydroxylation is 1. The first-order valence-electron chi connectivity index (χ1n) is 11.1. The van der Waals surface area contributed by atoms with Crippen LogP contribution in [0.2, 0.25) is 0 Å². The number of thiazole rings is 1. The van der Waals surface area contributed by atoms with E-state index in [0.29, 0.717) is 0 Å². The Hall–Kier alpha value is -3.10. The van der Waals surface area contributed by atoms with Crippen LogP contribution in [0.4, 0.5) is 5.69 Å². The largest absolute Gasteiger partial charge is 0.443 e. The van der Waals surface area contributed by atoms with Gasteiger partial charge in [-0.15, -0.1) is 0 Å². The molecule has 0 amide bonds. The second-order valence-corrected chi connectivity index (χ2v) is 9.87. The molecule has 0 saturated carbocycles. The van der Waals surface area contributed by atoms with Crippen LogP contribution in [0.3, 0.4) is 0 Å². The minimum absolute atomic E-state index is 0.832. The third-order valence-corrected chi connectivity index (χ3v) is 8.36. The van der Waals surface area contributed by atoms with Crippen molar-refractivity contribution >= 4 is 67.3 Å². The van der Waals surface area contributed by atoms with Gasteiger partial charge in [0, 0.05) is 18.7 Å². The van der Waals surface area contributed by atoms with Crippen LogP contribution in [0, 0.1) is 0 Å². The van der Waals surface area contributed by atoms with Crippen molar-refractivity contribution in [2.75, 3.05) is 11.4 Å². The third-order valence-electron chi connectivity index (χ3n) is 6.06. The maximum atomic E-state index is 5.52. The third kappa shape index (κ3) is 3.20. The Morgan fingerprint density at radius 2 is 1.79 bits per heavy atom. The number of benzene rings is 2. The number of aromatic nitrogens is 3. The van der Waals surface area contributed by atoms with Crippen molar-refractivity contribution in [2.45, 2.75) is 38.6 Å². The summed E-state index contributed by atoms with van der Waals surface area (Å²) in [4.78, 5) is 12.4. The minimum atomic E-state index is 0.832. The van der Waals surface area contributed by atoms with Crippen LogP contribution in [-0.2, 0) is 6.54 Å². The van der Waals surface area contributed by atoms with Crippen molar-refractivity contribution in [3.63, 3.8) is 0 Å². The Balaban J connectivity index is 1.45. The van der Waals surface area contributed by atoms with Gasteiger partial charge in [-0.2, -0.15) is 4.57 Å². The molecule has 0 fully saturated rings. The minimum Gasteiger partial charge on any atom is -0.443 e. The Morgan fingerprint density at radius 1 is 1.03 bits per heavy atom. The molecule has 2 aromatic carbocycles. The molecule has 0 N–H and O–H groups in total. The van der Waals surface area contributed by atoms with Gasteiger partial charge in [0.1, 0.15) is 22.3 Å². The topological polar surface area (TPSA) is 59.2 Å². The highest BCUT2D eigenvalue weighted by molar-refractivity contribution is 8.04. The van der Waals surface area contributed by atoms with Crippen LogP contribution in [0.5, 0.6) is 0 Å². The molecule has 8 heteroatoms. The Bertz CT molecular complexity index is 1570. The molecule has 166 valence electrons. The number of thioether (sulfide) groups is 1. The lowest BCUT2D eigenvalue weighted by molar-refractivity contribution is -0.665. The summed E-state index contributed by atoms with van der Waals surface area (Å²) >= 11 is 3.55. The number of rotatable bonds is 5. The normalized spacial score (nSPS) is 15.5. The fraction of sp³-hybridized carbons (Fsp3) is 0.240. The molecule has 0 unspecified atom stereocenters. The SMILES string of the molecule is CCC(=Cc1sc2c3ncoc3ccc2[n+]1CC)C=C1Sc2c(ccc3ocnc23)N1CC. The van der Waals surface area contributed by atoms with Crippen LogP contribution in [0.15, 0.2) is 67.5 Å². The standard InChI is InChI=1S/C25H23N4O2S2/c1-4-15(11-20-28(5-2)16-7-9-18-22(24(16)32-20)26-13-30-18)12-21-29(6-3)17-8-10-19-23(25(17)33-21)27-14-31-19/h7-14H,4-6H2,1-3H3/q+1. The fourth-order valence-corrected chi connectivity index (χ4v) is 6.98. The second kappa shape index (κ2) is 8.04. The van der Waals surface area contributed by atoms with Crippen molar-refractivity contribution in [3.8, 4) is 0 Å². The maximum Gasteiger partial charge on any atom is 0.263 e. The summed E-state index contributed by atoms with van der Waals surface area (Å²) in [5.41, 5.74) is 7.22. The van der Waals surface area contributed by atoms with Crippen LogP contribution in [0.25, 0.3) is 38.5 Å². The molecule has 1 aliphatic rings. The van der Waals surface area contributed by atoms with Gasteiger partial charge in [-0.05, 0) is 50.1 Å². The van der Waals surface area contributed by atoms with Crippen LogP contribution >= 0.6 is 23.1 Å². The first kappa shape index (κ1) is 20.5. The molecular weight excluding hydrogens is 452 g/mol. The number of anilines is 1. The molecule has 0 radical (unpaired) electrons. The summed E-state index contributed by atoms with van der Waals surface area (Å²) in [6, 6.07) is 8.29. The van der Waals surface area contributed by atoms with Gasteiger partial charge in [-0.1, -0.05) is 30.0 Å². The molecule has 4 heterocycles. The predicted octanol–water partition coefficient (Wildman–Crippen LogP) is 6.76. The zero-order chi connectivity index (χ0) is 22.5. The van der Waals surface area contributed by atoms with Gasteiger partial charge in [0.05, 0.1) is 15.6 Å². The first-order valence-corrected chi connectivity index (χ1v) is 12.8. The van der Waals surface area contributed by atoms with E-state index in [1.165, 1.54) is 49.2 Å². The van der Waals surface area contributed by atoms with Gasteiger partial charge in [-0.25, -0.2) is 9.97 Å². The highest BCUT2D eigenvalue weighted by atomic mass is 32.2. The van der Waals surface area contributed by atoms with E-state index in [-0.39, 0.29) is 0 Å². The van der Waals surface area contributed by atoms with Crippen molar-refractivity contribution < 1.29 is 13.4 Å². The highest BCUT2D eigenvalue weighted by Crippen LogP contribution is 2.49. The zero-order valence-corrected chi connectivity index (χ0v) is 20.3. The zero-order valence-electron chi connectivity index (χ0n) is 18.7. The molecule has 1 aliphatic heterocycles. The van der Waals surface area contributed by atoms with E-state index in [0.717, 1.165) is 41.7 Å². The summed E-state index contributed by atoms with van der Waals surface area (Å²) in [6.45, 7) is 8.38. The predicted molar refractivity (Wildman–Crippen MR) is 134 cm³/mol. The molecule has 3 aromatic heterocycles. The van der Waals surface area contributed by atoms with Crippen LogP contribution < -0.4 is 9.47 Å². The van der Waals surface area contributed by atoms with Crippen molar-refractivity contribution in [3.05, 3.63) is 58.7 Å². The number of nitrogens with zero attached hydrogens (tertiary/aromatic N) is 4. The summed E-state index contributed by atoms with van der Waals surface area (Å²) < 4.78 is 14.6. The Labute approximate surface area is 199 Å². The molecule has 0 spiro atoms. The molecule has 5 aromatic rings. The van der Waals surface area contributed by atoms with Crippen molar-refractivity contribution in [2.24, 2.45) is 0 Å². The molecule has 0 bridgehead atoms. The van der Waals surface area contributed by atoms with Gasteiger partial charge < -0.3 is 13.7 Å². The number of allylic oxidation sites excluding steroid dienone is 2. The molecule has 33 heavy (non-hydrogen) atoms. The van der Waals surface area contributed by atoms with Gasteiger partial charge in [-0.3, -0.25) is 0 Å². The Morgan fingerprint density at radius 3 is 2.55 bits per heavy atom. The monoisotopic (exact) mass is 475 g/mol. The smallest absolute Gasteiger partial charge is 0.263 e. The molecule has 0 aliphatic carbocycles. The van der Waals surface area contributed by atoms with Crippen LogP contribution in [-0.4, -0.2) is 16.5 Å². The molecule has 0 atom stereocenters. The molecular formula is C25H23N4O2S2+. The van der Waals surface area contributed by atoms with Gasteiger partial charge >= 0.3 is 0 Å². The average Bonchev–Trinajstić information content (AvgIpc) is 3.60. The lowest BCUT2D eigenvalue weighted by Gasteiger charge is -2.18. The second-order valence-electron chi connectivity index (χ2n) is 7.81. The van der Waals surface area contributed by atoms with Crippen molar-refractivity contribution in [1.82, 2.24) is 9.97 Å². The quantitative estimate of drug-likeness (QED) is 0.262. The van der Waals surface area contributed by atoms with E-state index in [1.807, 2.05) is 12.1 Å². The number of oxazole rings is 2. The van der Waals surface area contributed by atoms with E-state index in [4.69, 9.17) is 8.83 Å². The first-order chi connectivity index (χ1) is 16.2. The van der Waals surface area contributed by atoms with Gasteiger partial charge in [0.15, 0.2) is 24.0 Å². The molecule has 6 nitrogen and oxygen atoms in total. The van der Waals surface area contributed by atoms with Crippen LogP contribution in [0.1, 0.15) is 32.2 Å². The van der Waals surface area contributed by atoms with E-state index < -0.39 is 0 Å². The maximum absolute atomic E-state index is 5.52. The molecule has 6 rings (SSSR count). The van der Waals surface area contributed by atoms with E-state index in [2.05, 4.69) is 64.5 Å².